The summed E-state index contributed by atoms with van der Waals surface area (Å²) < 4.78 is 12.3. The van der Waals surface area contributed by atoms with E-state index in [-0.39, 0.29) is 0 Å². The van der Waals surface area contributed by atoms with Crippen LogP contribution in [0.4, 0.5) is 0 Å². The van der Waals surface area contributed by atoms with E-state index in [0.717, 1.165) is 0 Å². The van der Waals surface area contributed by atoms with E-state index in [1.54, 1.807) is 13.0 Å². The third-order valence-electron chi connectivity index (χ3n) is 0.351. The maximum Gasteiger partial charge on any atom is 0.190 e. The average molecular weight is 120 g/mol. The summed E-state index contributed by atoms with van der Waals surface area (Å²) in [6.07, 6.45) is 3.24. The Morgan fingerprint density at radius 2 is 2.43 bits per heavy atom. The summed E-state index contributed by atoms with van der Waals surface area (Å²) in [7, 11) is 0. The van der Waals surface area contributed by atoms with Gasteiger partial charge in [0, 0.05) is 6.20 Å². The first-order chi connectivity index (χ1) is 3.27. The molecule has 42 valence electrons. The molecule has 0 amide bonds. The molecule has 0 bridgehead atoms. The molecular weight excluding hydrogens is 112 g/mol. The van der Waals surface area contributed by atoms with Gasteiger partial charge in [0.2, 0.25) is 0 Å². The van der Waals surface area contributed by atoms with Crippen LogP contribution in [0.2, 0.25) is 0 Å². The van der Waals surface area contributed by atoms with Crippen molar-refractivity contribution in [3.63, 3.8) is 0 Å². The van der Waals surface area contributed by atoms with Gasteiger partial charge in [-0.2, -0.15) is 0 Å². The predicted molar refractivity (Wildman–Crippen MR) is 30.3 cm³/mol. The fourth-order valence-corrected chi connectivity index (χ4v) is 0.405. The molecule has 0 aliphatic carbocycles. The maximum absolute atomic E-state index is 9.93. The van der Waals surface area contributed by atoms with Crippen LogP contribution in [0.5, 0.6) is 0 Å². The topological polar surface area (TPSA) is 55.1 Å². The van der Waals surface area contributed by atoms with Gasteiger partial charge in [-0.05, 0) is 6.92 Å². The number of hydrogen-bond donors (Lipinski definition) is 2. The lowest BCUT2D eigenvalue weighted by Crippen LogP contribution is -2.17. The zero-order chi connectivity index (χ0) is 5.70. The SMILES string of the molecule is C/C=C\NS(N)=O. The molecule has 0 heterocycles. The van der Waals surface area contributed by atoms with Crippen LogP contribution >= 0.6 is 0 Å². The third kappa shape index (κ3) is 5.65. The summed E-state index contributed by atoms with van der Waals surface area (Å²) in [5, 5.41) is 4.79. The van der Waals surface area contributed by atoms with Crippen LogP contribution in [0.1, 0.15) is 6.92 Å². The van der Waals surface area contributed by atoms with Gasteiger partial charge in [0.05, 0.1) is 0 Å². The first-order valence-electron chi connectivity index (χ1n) is 1.81. The molecule has 7 heavy (non-hydrogen) atoms. The second-order valence-electron chi connectivity index (χ2n) is 0.915. The summed E-state index contributed by atoms with van der Waals surface area (Å²) in [6.45, 7) is 1.81. The van der Waals surface area contributed by atoms with Crippen LogP contribution in [-0.2, 0) is 11.2 Å². The van der Waals surface area contributed by atoms with Gasteiger partial charge in [-0.15, -0.1) is 0 Å². The Morgan fingerprint density at radius 1 is 1.86 bits per heavy atom. The number of nitrogens with one attached hydrogen (secondary N) is 1. The van der Waals surface area contributed by atoms with Gasteiger partial charge in [-0.25, -0.2) is 9.35 Å². The Morgan fingerprint density at radius 3 is 2.57 bits per heavy atom. The van der Waals surface area contributed by atoms with Crippen molar-refractivity contribution >= 4 is 11.2 Å². The Labute approximate surface area is 45.3 Å². The minimum atomic E-state index is -1.40. The van der Waals surface area contributed by atoms with Crippen LogP contribution in [0, 0.1) is 0 Å². The lowest BCUT2D eigenvalue weighted by atomic mass is 10.7. The van der Waals surface area contributed by atoms with E-state index in [0.29, 0.717) is 0 Å². The first kappa shape index (κ1) is 6.65. The quantitative estimate of drug-likeness (QED) is 0.514. The monoisotopic (exact) mass is 120 g/mol. The summed E-state index contributed by atoms with van der Waals surface area (Å²) in [6, 6.07) is 0. The molecule has 0 aliphatic heterocycles. The largest absolute Gasteiger partial charge is 0.300 e. The fraction of sp³-hybridized carbons (Fsp3) is 0.333. The van der Waals surface area contributed by atoms with Crippen molar-refractivity contribution in [1.29, 1.82) is 0 Å². The van der Waals surface area contributed by atoms with Crippen molar-refractivity contribution in [2.75, 3.05) is 0 Å². The van der Waals surface area contributed by atoms with Crippen LogP contribution in [0.3, 0.4) is 0 Å². The number of rotatable bonds is 2. The normalized spacial score (nSPS) is 14.6. The highest BCUT2D eigenvalue weighted by Gasteiger charge is 1.74. The van der Waals surface area contributed by atoms with E-state index in [2.05, 4.69) is 4.72 Å². The van der Waals surface area contributed by atoms with Gasteiger partial charge in [-0.1, -0.05) is 6.08 Å². The molecule has 0 aromatic heterocycles. The van der Waals surface area contributed by atoms with Gasteiger partial charge in [0.15, 0.2) is 11.2 Å². The lowest BCUT2D eigenvalue weighted by molar-refractivity contribution is 0.681. The highest BCUT2D eigenvalue weighted by Crippen LogP contribution is 1.60. The third-order valence-corrected chi connectivity index (χ3v) is 0.719. The van der Waals surface area contributed by atoms with Gasteiger partial charge in [0.25, 0.3) is 0 Å². The van der Waals surface area contributed by atoms with E-state index >= 15 is 0 Å². The average Bonchev–Trinajstić information content (AvgIpc) is 1.61. The molecule has 0 radical (unpaired) electrons. The molecule has 0 rings (SSSR count). The number of allylic oxidation sites excluding steroid dienone is 1. The van der Waals surface area contributed by atoms with Crippen LogP contribution in [0.25, 0.3) is 0 Å². The summed E-state index contributed by atoms with van der Waals surface area (Å²) >= 11 is -1.40. The Balaban J connectivity index is 3.14. The Hall–Kier alpha value is -0.350. The van der Waals surface area contributed by atoms with E-state index in [9.17, 15) is 4.21 Å². The molecule has 1 atom stereocenters. The van der Waals surface area contributed by atoms with Crippen molar-refractivity contribution < 1.29 is 4.21 Å². The fourth-order valence-electron chi connectivity index (χ4n) is 0.135. The number of hydrogen-bond acceptors (Lipinski definition) is 1. The molecule has 0 aromatic rings. The second kappa shape index (κ2) is 3.83. The maximum atomic E-state index is 9.93. The van der Waals surface area contributed by atoms with Gasteiger partial charge in [0.1, 0.15) is 0 Å². The molecule has 3 N–H and O–H groups in total. The molecule has 0 fully saturated rings. The second-order valence-corrected chi connectivity index (χ2v) is 1.75. The van der Waals surface area contributed by atoms with Gasteiger partial charge in [-0.3, -0.25) is 4.72 Å². The predicted octanol–water partition coefficient (Wildman–Crippen LogP) is -0.353. The van der Waals surface area contributed by atoms with E-state index in [4.69, 9.17) is 5.14 Å². The Kier molecular flexibility index (Phi) is 3.64. The molecule has 1 unspecified atom stereocenters. The van der Waals surface area contributed by atoms with E-state index < -0.39 is 11.2 Å². The van der Waals surface area contributed by atoms with Crippen molar-refractivity contribution in [1.82, 2.24) is 4.72 Å². The van der Waals surface area contributed by atoms with Crippen molar-refractivity contribution in [2.24, 2.45) is 5.14 Å². The molecule has 3 nitrogen and oxygen atoms in total. The summed E-state index contributed by atoms with van der Waals surface area (Å²) in [5.41, 5.74) is 0. The highest BCUT2D eigenvalue weighted by atomic mass is 32.2. The number of nitrogens with two attached hydrogens (primary N) is 1. The van der Waals surface area contributed by atoms with Crippen molar-refractivity contribution in [3.8, 4) is 0 Å². The molecule has 0 saturated heterocycles. The van der Waals surface area contributed by atoms with E-state index in [1.165, 1.54) is 6.20 Å². The molecule has 0 spiro atoms. The Bertz CT molecular complexity index is 90.9. The highest BCUT2D eigenvalue weighted by molar-refractivity contribution is 7.80. The zero-order valence-corrected chi connectivity index (χ0v) is 4.87. The van der Waals surface area contributed by atoms with Crippen LogP contribution in [0.15, 0.2) is 12.3 Å². The lowest BCUT2D eigenvalue weighted by Gasteiger charge is -1.86. The molecule has 0 saturated carbocycles. The van der Waals surface area contributed by atoms with Gasteiger partial charge < -0.3 is 0 Å². The minimum Gasteiger partial charge on any atom is -0.300 e. The van der Waals surface area contributed by atoms with Crippen LogP contribution in [-0.4, -0.2) is 4.21 Å². The zero-order valence-electron chi connectivity index (χ0n) is 4.05. The van der Waals surface area contributed by atoms with Crippen molar-refractivity contribution in [3.05, 3.63) is 12.3 Å². The van der Waals surface area contributed by atoms with E-state index in [1.807, 2.05) is 0 Å². The first-order valence-corrected chi connectivity index (χ1v) is 3.02. The molecule has 0 aliphatic rings. The minimum absolute atomic E-state index is 1.40. The summed E-state index contributed by atoms with van der Waals surface area (Å²) in [4.78, 5) is 0. The van der Waals surface area contributed by atoms with Gasteiger partial charge >= 0.3 is 0 Å². The summed E-state index contributed by atoms with van der Waals surface area (Å²) in [5.74, 6) is 0. The molecular formula is C3H8N2OS. The molecule has 4 heteroatoms. The molecule has 0 aromatic carbocycles. The van der Waals surface area contributed by atoms with Crippen molar-refractivity contribution in [2.45, 2.75) is 6.92 Å². The standard InChI is InChI=1S/C3H8N2OS/c1-2-3-5-7(4)6/h2-3,5H,4H2,1H3/b3-2-. The smallest absolute Gasteiger partial charge is 0.190 e. The van der Waals surface area contributed by atoms with Crippen LogP contribution < -0.4 is 9.86 Å².